The largest absolute Gasteiger partial charge is 0.0620 e. The summed E-state index contributed by atoms with van der Waals surface area (Å²) >= 11 is 0. The number of rotatable bonds is 1. The lowest BCUT2D eigenvalue weighted by atomic mass is 9.71. The highest BCUT2D eigenvalue weighted by molar-refractivity contribution is 5.09. The second-order valence-electron chi connectivity index (χ2n) is 5.87. The molecule has 0 heteroatoms. The molecule has 0 N–H and O–H groups in total. The van der Waals surface area contributed by atoms with Gasteiger partial charge < -0.3 is 0 Å². The molecule has 1 spiro atoms. The Labute approximate surface area is 82.1 Å². The lowest BCUT2D eigenvalue weighted by molar-refractivity contribution is 0.153. The van der Waals surface area contributed by atoms with E-state index in [9.17, 15) is 0 Å². The molecule has 0 saturated heterocycles. The summed E-state index contributed by atoms with van der Waals surface area (Å²) in [5.41, 5.74) is 0.813. The van der Waals surface area contributed by atoms with Crippen LogP contribution < -0.4 is 0 Å². The lowest BCUT2D eigenvalue weighted by Gasteiger charge is -2.34. The minimum Gasteiger partial charge on any atom is -0.0620 e. The minimum absolute atomic E-state index is 0.813. The molecule has 0 heterocycles. The molecule has 13 heavy (non-hydrogen) atoms. The summed E-state index contributed by atoms with van der Waals surface area (Å²) in [6.07, 6.45) is 8.93. The molecule has 3 saturated carbocycles. The van der Waals surface area contributed by atoms with Gasteiger partial charge in [0.05, 0.1) is 0 Å². The Hall–Kier alpha value is 0. The standard InChI is InChI=1S/C13H21/c1-3-11-6-9(2)13-5-4-10(8-13)7-12(11)13/h9-12H,1,3-8H2,2H3. The monoisotopic (exact) mass is 177 g/mol. The zero-order valence-electron chi connectivity index (χ0n) is 8.76. The van der Waals surface area contributed by atoms with Gasteiger partial charge in [-0.1, -0.05) is 20.3 Å². The molecule has 0 aromatic carbocycles. The molecule has 3 aliphatic carbocycles. The Bertz CT molecular complexity index is 220. The second kappa shape index (κ2) is 2.52. The molecule has 73 valence electrons. The van der Waals surface area contributed by atoms with E-state index in [-0.39, 0.29) is 0 Å². The molecule has 0 amide bonds. The maximum Gasteiger partial charge on any atom is -0.0238 e. The van der Waals surface area contributed by atoms with Gasteiger partial charge in [-0.3, -0.25) is 0 Å². The molecule has 3 aliphatic rings. The highest BCUT2D eigenvalue weighted by Crippen LogP contribution is 2.69. The quantitative estimate of drug-likeness (QED) is 0.573. The van der Waals surface area contributed by atoms with E-state index in [0.717, 1.165) is 29.1 Å². The Balaban J connectivity index is 1.93. The highest BCUT2D eigenvalue weighted by Gasteiger charge is 2.60. The van der Waals surface area contributed by atoms with Gasteiger partial charge in [0.2, 0.25) is 0 Å². The maximum atomic E-state index is 4.14. The van der Waals surface area contributed by atoms with Crippen LogP contribution in [0.25, 0.3) is 0 Å². The highest BCUT2D eigenvalue weighted by atomic mass is 14.6. The van der Waals surface area contributed by atoms with Gasteiger partial charge in [-0.2, -0.15) is 0 Å². The van der Waals surface area contributed by atoms with Crippen LogP contribution in [0, 0.1) is 36.0 Å². The minimum atomic E-state index is 0.813. The molecule has 0 aromatic rings. The van der Waals surface area contributed by atoms with Gasteiger partial charge in [0.25, 0.3) is 0 Å². The average Bonchev–Trinajstić information content (AvgIpc) is 2.76. The van der Waals surface area contributed by atoms with Gasteiger partial charge in [-0.05, 0) is 61.2 Å². The van der Waals surface area contributed by atoms with Gasteiger partial charge in [0.1, 0.15) is 0 Å². The van der Waals surface area contributed by atoms with Crippen molar-refractivity contribution >= 4 is 0 Å². The van der Waals surface area contributed by atoms with Crippen LogP contribution in [-0.2, 0) is 0 Å². The van der Waals surface area contributed by atoms with E-state index in [1.54, 1.807) is 25.7 Å². The molecular formula is C13H21. The van der Waals surface area contributed by atoms with Crippen LogP contribution in [0.4, 0.5) is 0 Å². The van der Waals surface area contributed by atoms with E-state index in [1.165, 1.54) is 12.8 Å². The molecule has 0 aliphatic heterocycles. The average molecular weight is 177 g/mol. The molecular weight excluding hydrogens is 156 g/mol. The van der Waals surface area contributed by atoms with Gasteiger partial charge >= 0.3 is 0 Å². The Morgan fingerprint density at radius 2 is 2.23 bits per heavy atom. The maximum absolute atomic E-state index is 4.14. The first kappa shape index (κ1) is 8.32. The van der Waals surface area contributed by atoms with Crippen molar-refractivity contribution in [2.75, 3.05) is 0 Å². The van der Waals surface area contributed by atoms with Crippen molar-refractivity contribution < 1.29 is 0 Å². The summed E-state index contributed by atoms with van der Waals surface area (Å²) in [4.78, 5) is 0. The zero-order chi connectivity index (χ0) is 9.05. The third-order valence-electron chi connectivity index (χ3n) is 5.59. The van der Waals surface area contributed by atoms with Crippen LogP contribution in [0.5, 0.6) is 0 Å². The van der Waals surface area contributed by atoms with Crippen molar-refractivity contribution in [2.24, 2.45) is 29.1 Å². The van der Waals surface area contributed by atoms with Crippen LogP contribution in [0.2, 0.25) is 0 Å². The van der Waals surface area contributed by atoms with Gasteiger partial charge in [0.15, 0.2) is 0 Å². The van der Waals surface area contributed by atoms with Gasteiger partial charge in [0, 0.05) is 0 Å². The van der Waals surface area contributed by atoms with E-state index >= 15 is 0 Å². The van der Waals surface area contributed by atoms with Crippen molar-refractivity contribution in [3.63, 3.8) is 0 Å². The summed E-state index contributed by atoms with van der Waals surface area (Å²) in [6, 6.07) is 0. The van der Waals surface area contributed by atoms with Crippen molar-refractivity contribution in [3.05, 3.63) is 6.92 Å². The fourth-order valence-electron chi connectivity index (χ4n) is 4.99. The molecule has 3 fully saturated rings. The van der Waals surface area contributed by atoms with Crippen LogP contribution >= 0.6 is 0 Å². The first-order chi connectivity index (χ1) is 6.26. The van der Waals surface area contributed by atoms with Crippen molar-refractivity contribution in [1.29, 1.82) is 0 Å². The van der Waals surface area contributed by atoms with E-state index < -0.39 is 0 Å². The van der Waals surface area contributed by atoms with Crippen LogP contribution in [0.3, 0.4) is 0 Å². The van der Waals surface area contributed by atoms with E-state index in [1.807, 2.05) is 0 Å². The summed E-state index contributed by atoms with van der Waals surface area (Å²) in [6.45, 7) is 6.65. The van der Waals surface area contributed by atoms with Crippen molar-refractivity contribution in [2.45, 2.75) is 45.4 Å². The normalized spacial score (nSPS) is 58.6. The topological polar surface area (TPSA) is 0 Å². The van der Waals surface area contributed by atoms with Gasteiger partial charge in [-0.25, -0.2) is 0 Å². The van der Waals surface area contributed by atoms with Crippen LogP contribution in [-0.4, -0.2) is 0 Å². The number of fused-ring (bicyclic) bond motifs is 1. The molecule has 5 atom stereocenters. The Kier molecular flexibility index (Phi) is 1.61. The molecule has 5 unspecified atom stereocenters. The lowest BCUT2D eigenvalue weighted by Crippen LogP contribution is -2.26. The molecule has 2 bridgehead atoms. The predicted octanol–water partition coefficient (Wildman–Crippen LogP) is 3.67. The van der Waals surface area contributed by atoms with E-state index in [4.69, 9.17) is 0 Å². The second-order valence-corrected chi connectivity index (χ2v) is 5.87. The predicted molar refractivity (Wildman–Crippen MR) is 55.1 cm³/mol. The third-order valence-corrected chi connectivity index (χ3v) is 5.59. The SMILES string of the molecule is [CH2]CC1CC(C)C23CCC(CC12)C3. The fourth-order valence-corrected chi connectivity index (χ4v) is 4.99. The van der Waals surface area contributed by atoms with E-state index in [0.29, 0.717) is 0 Å². The third kappa shape index (κ3) is 0.877. The smallest absolute Gasteiger partial charge is 0.0238 e. The van der Waals surface area contributed by atoms with Crippen molar-refractivity contribution in [1.82, 2.24) is 0 Å². The zero-order valence-corrected chi connectivity index (χ0v) is 8.76. The van der Waals surface area contributed by atoms with Crippen molar-refractivity contribution in [3.8, 4) is 0 Å². The van der Waals surface area contributed by atoms with Crippen LogP contribution in [0.15, 0.2) is 0 Å². The summed E-state index contributed by atoms with van der Waals surface area (Å²) in [5.74, 6) is 4.19. The first-order valence-electron chi connectivity index (χ1n) is 6.05. The first-order valence-corrected chi connectivity index (χ1v) is 6.05. The summed E-state index contributed by atoms with van der Waals surface area (Å²) in [7, 11) is 0. The Morgan fingerprint density at radius 3 is 2.92 bits per heavy atom. The molecule has 3 rings (SSSR count). The number of hydrogen-bond acceptors (Lipinski definition) is 0. The molecule has 0 nitrogen and oxygen atoms in total. The van der Waals surface area contributed by atoms with Gasteiger partial charge in [-0.15, -0.1) is 0 Å². The summed E-state index contributed by atoms with van der Waals surface area (Å²) < 4.78 is 0. The fraction of sp³-hybridized carbons (Fsp3) is 0.923. The Morgan fingerprint density at radius 1 is 1.38 bits per heavy atom. The molecule has 0 aromatic heterocycles. The summed E-state index contributed by atoms with van der Waals surface area (Å²) in [5, 5.41) is 0. The number of hydrogen-bond donors (Lipinski definition) is 0. The van der Waals surface area contributed by atoms with E-state index in [2.05, 4.69) is 13.8 Å². The molecule has 1 radical (unpaired) electrons. The van der Waals surface area contributed by atoms with Crippen LogP contribution in [0.1, 0.15) is 45.4 Å².